The van der Waals surface area contributed by atoms with Gasteiger partial charge >= 0.3 is 0 Å². The molecule has 0 bridgehead atoms. The molecule has 0 saturated carbocycles. The first-order chi connectivity index (χ1) is 9.82. The van der Waals surface area contributed by atoms with E-state index in [-0.39, 0.29) is 0 Å². The highest BCUT2D eigenvalue weighted by atomic mass is 79.9. The van der Waals surface area contributed by atoms with Gasteiger partial charge in [0.1, 0.15) is 4.90 Å². The van der Waals surface area contributed by atoms with Gasteiger partial charge in [-0.25, -0.2) is 8.42 Å². The van der Waals surface area contributed by atoms with E-state index in [9.17, 15) is 8.42 Å². The standard InChI is InChI=1S/C13H21BrN2O3S2/c1-13(19-3)5-4-6-16(9-13)21(17,18)11-7-10(8-15-2)20-12(11)14/h7,15H,4-6,8-9H2,1-3H3. The normalized spacial score (nSPS) is 24.4. The van der Waals surface area contributed by atoms with E-state index >= 15 is 0 Å². The summed E-state index contributed by atoms with van der Waals surface area (Å²) in [5.41, 5.74) is -0.401. The highest BCUT2D eigenvalue weighted by molar-refractivity contribution is 9.11. The molecule has 1 fully saturated rings. The number of piperidine rings is 1. The lowest BCUT2D eigenvalue weighted by molar-refractivity contribution is -0.0319. The number of rotatable bonds is 5. The van der Waals surface area contributed by atoms with E-state index in [0.717, 1.165) is 17.7 Å². The van der Waals surface area contributed by atoms with Crippen molar-refractivity contribution in [2.24, 2.45) is 0 Å². The SMILES string of the molecule is CNCc1cc(S(=O)(=O)N2CCCC(C)(OC)C2)c(Br)s1. The molecule has 21 heavy (non-hydrogen) atoms. The number of nitrogens with zero attached hydrogens (tertiary/aromatic N) is 1. The fraction of sp³-hybridized carbons (Fsp3) is 0.692. The van der Waals surface area contributed by atoms with Crippen molar-refractivity contribution in [2.45, 2.75) is 36.8 Å². The second-order valence-electron chi connectivity index (χ2n) is 5.48. The van der Waals surface area contributed by atoms with Crippen LogP contribution in [0.3, 0.4) is 0 Å². The highest BCUT2D eigenvalue weighted by Gasteiger charge is 2.38. The van der Waals surface area contributed by atoms with Crippen molar-refractivity contribution in [1.29, 1.82) is 0 Å². The van der Waals surface area contributed by atoms with Gasteiger partial charge in [0, 0.05) is 31.6 Å². The zero-order valence-electron chi connectivity index (χ0n) is 12.5. The minimum atomic E-state index is -3.48. The summed E-state index contributed by atoms with van der Waals surface area (Å²) in [6, 6.07) is 1.75. The summed E-state index contributed by atoms with van der Waals surface area (Å²) in [4.78, 5) is 1.35. The van der Waals surface area contributed by atoms with Crippen LogP contribution < -0.4 is 5.32 Å². The maximum atomic E-state index is 12.9. The average molecular weight is 397 g/mol. The van der Waals surface area contributed by atoms with Gasteiger partial charge in [-0.2, -0.15) is 4.31 Å². The summed E-state index contributed by atoms with van der Waals surface area (Å²) in [5.74, 6) is 0. The van der Waals surface area contributed by atoms with Gasteiger partial charge < -0.3 is 10.1 Å². The van der Waals surface area contributed by atoms with E-state index in [2.05, 4.69) is 21.2 Å². The smallest absolute Gasteiger partial charge is 0.245 e. The van der Waals surface area contributed by atoms with Crippen molar-refractivity contribution in [3.63, 3.8) is 0 Å². The molecule has 5 nitrogen and oxygen atoms in total. The fourth-order valence-electron chi connectivity index (χ4n) is 2.51. The van der Waals surface area contributed by atoms with Gasteiger partial charge in [-0.1, -0.05) is 0 Å². The molecule has 0 aromatic carbocycles. The lowest BCUT2D eigenvalue weighted by Gasteiger charge is -2.38. The minimum Gasteiger partial charge on any atom is -0.377 e. The minimum absolute atomic E-state index is 0.359. The van der Waals surface area contributed by atoms with Gasteiger partial charge in [0.05, 0.1) is 9.39 Å². The Labute approximate surface area is 138 Å². The van der Waals surface area contributed by atoms with Gasteiger partial charge in [-0.15, -0.1) is 11.3 Å². The van der Waals surface area contributed by atoms with Crippen molar-refractivity contribution < 1.29 is 13.2 Å². The van der Waals surface area contributed by atoms with Crippen LogP contribution in [0.15, 0.2) is 14.7 Å². The van der Waals surface area contributed by atoms with Crippen molar-refractivity contribution in [3.05, 3.63) is 14.7 Å². The third-order valence-electron chi connectivity index (χ3n) is 3.79. The molecule has 1 aromatic rings. The van der Waals surface area contributed by atoms with E-state index in [0.29, 0.717) is 28.3 Å². The van der Waals surface area contributed by atoms with E-state index < -0.39 is 15.6 Å². The van der Waals surface area contributed by atoms with Crippen LogP contribution in [0.4, 0.5) is 0 Å². The number of hydrogen-bond donors (Lipinski definition) is 1. The Morgan fingerprint density at radius 2 is 2.29 bits per heavy atom. The van der Waals surface area contributed by atoms with Crippen LogP contribution >= 0.6 is 27.3 Å². The molecule has 1 aromatic heterocycles. The number of thiophene rings is 1. The third-order valence-corrected chi connectivity index (χ3v) is 7.89. The Morgan fingerprint density at radius 3 is 2.90 bits per heavy atom. The molecule has 1 saturated heterocycles. The highest BCUT2D eigenvalue weighted by Crippen LogP contribution is 2.36. The maximum absolute atomic E-state index is 12.9. The summed E-state index contributed by atoms with van der Waals surface area (Å²) in [6.45, 7) is 3.57. The van der Waals surface area contributed by atoms with Gasteiger partial charge in [-0.3, -0.25) is 0 Å². The predicted molar refractivity (Wildman–Crippen MR) is 88.2 cm³/mol. The molecule has 2 rings (SSSR count). The Hall–Kier alpha value is 0.01000. The Morgan fingerprint density at radius 1 is 1.57 bits per heavy atom. The first-order valence-corrected chi connectivity index (χ1v) is 9.85. The molecule has 1 atom stereocenters. The van der Waals surface area contributed by atoms with Crippen LogP contribution in [0.1, 0.15) is 24.6 Å². The quantitative estimate of drug-likeness (QED) is 0.829. The number of nitrogens with one attached hydrogen (secondary N) is 1. The molecule has 2 heterocycles. The van der Waals surface area contributed by atoms with E-state index in [1.165, 1.54) is 15.6 Å². The monoisotopic (exact) mass is 396 g/mol. The van der Waals surface area contributed by atoms with Gasteiger partial charge in [-0.05, 0) is 48.8 Å². The summed E-state index contributed by atoms with van der Waals surface area (Å²) < 4.78 is 33.4. The Bertz CT molecular complexity index is 603. The molecular weight excluding hydrogens is 376 g/mol. The first kappa shape index (κ1) is 17.4. The van der Waals surface area contributed by atoms with Crippen molar-refractivity contribution >= 4 is 37.3 Å². The van der Waals surface area contributed by atoms with Crippen LogP contribution in [0, 0.1) is 0 Å². The lowest BCUT2D eigenvalue weighted by atomic mass is 9.96. The number of hydrogen-bond acceptors (Lipinski definition) is 5. The van der Waals surface area contributed by atoms with Gasteiger partial charge in [0.2, 0.25) is 10.0 Å². The predicted octanol–water partition coefficient (Wildman–Crippen LogP) is 2.42. The van der Waals surface area contributed by atoms with Crippen LogP contribution in [0.5, 0.6) is 0 Å². The zero-order chi connectivity index (χ0) is 15.7. The van der Waals surface area contributed by atoms with Crippen LogP contribution in [0.2, 0.25) is 0 Å². The molecular formula is C13H21BrN2O3S2. The largest absolute Gasteiger partial charge is 0.377 e. The average Bonchev–Trinajstić information content (AvgIpc) is 2.81. The Kier molecular flexibility index (Phi) is 5.49. The van der Waals surface area contributed by atoms with E-state index in [4.69, 9.17) is 4.74 Å². The van der Waals surface area contributed by atoms with Crippen LogP contribution in [-0.4, -0.2) is 45.6 Å². The molecule has 1 aliphatic rings. The van der Waals surface area contributed by atoms with Gasteiger partial charge in [0.15, 0.2) is 0 Å². The second-order valence-corrected chi connectivity index (χ2v) is 9.84. The summed E-state index contributed by atoms with van der Waals surface area (Å²) >= 11 is 4.84. The molecule has 120 valence electrons. The fourth-order valence-corrected chi connectivity index (χ4v) is 6.74. The van der Waals surface area contributed by atoms with Crippen molar-refractivity contribution in [3.8, 4) is 0 Å². The number of ether oxygens (including phenoxy) is 1. The van der Waals surface area contributed by atoms with E-state index in [1.54, 1.807) is 13.2 Å². The summed E-state index contributed by atoms with van der Waals surface area (Å²) in [6.07, 6.45) is 1.69. The zero-order valence-corrected chi connectivity index (χ0v) is 15.7. The van der Waals surface area contributed by atoms with E-state index in [1.807, 2.05) is 14.0 Å². The molecule has 1 unspecified atom stereocenters. The number of methoxy groups -OCH3 is 1. The lowest BCUT2D eigenvalue weighted by Crippen LogP contribution is -2.49. The first-order valence-electron chi connectivity index (χ1n) is 6.80. The van der Waals surface area contributed by atoms with Gasteiger partial charge in [0.25, 0.3) is 0 Å². The molecule has 0 spiro atoms. The third kappa shape index (κ3) is 3.68. The summed E-state index contributed by atoms with van der Waals surface area (Å²) in [5, 5.41) is 3.04. The Balaban J connectivity index is 2.29. The molecule has 0 radical (unpaired) electrons. The topological polar surface area (TPSA) is 58.6 Å². The molecule has 0 aliphatic carbocycles. The van der Waals surface area contributed by atoms with Crippen molar-refractivity contribution in [2.75, 3.05) is 27.2 Å². The molecule has 0 amide bonds. The number of halogens is 1. The van der Waals surface area contributed by atoms with Crippen molar-refractivity contribution in [1.82, 2.24) is 9.62 Å². The molecule has 1 N–H and O–H groups in total. The summed E-state index contributed by atoms with van der Waals surface area (Å²) in [7, 11) is 0.00201. The molecule has 1 aliphatic heterocycles. The van der Waals surface area contributed by atoms with Crippen LogP contribution in [0.25, 0.3) is 0 Å². The maximum Gasteiger partial charge on any atom is 0.245 e. The molecule has 8 heteroatoms. The number of sulfonamides is 1. The van der Waals surface area contributed by atoms with Crippen LogP contribution in [-0.2, 0) is 21.3 Å². The second kappa shape index (κ2) is 6.64.